The summed E-state index contributed by atoms with van der Waals surface area (Å²) >= 11 is 0. The third-order valence-electron chi connectivity index (χ3n) is 1.03. The summed E-state index contributed by atoms with van der Waals surface area (Å²) in [5, 5.41) is 8.32. The van der Waals surface area contributed by atoms with Gasteiger partial charge in [0.1, 0.15) is 0 Å². The third-order valence-corrected chi connectivity index (χ3v) is 1.03. The minimum Gasteiger partial charge on any atom is -0.479 e. The van der Waals surface area contributed by atoms with Crippen molar-refractivity contribution in [3.8, 4) is 0 Å². The van der Waals surface area contributed by atoms with E-state index in [0.717, 1.165) is 0 Å². The molecule has 0 aromatic rings. The lowest BCUT2D eigenvalue weighted by molar-refractivity contribution is -0.157. The standard InChI is InChI=1S/C5H10O3.CH4/c1-5(2,8-3)4(6)7;/h1-3H3,(H,6,7);1H4. The number of hydrogen-bond acceptors (Lipinski definition) is 2. The summed E-state index contributed by atoms with van der Waals surface area (Å²) in [5.41, 5.74) is -1.04. The molecule has 3 heteroatoms. The lowest BCUT2D eigenvalue weighted by Gasteiger charge is -2.15. The molecule has 0 unspecified atom stereocenters. The smallest absolute Gasteiger partial charge is 0.335 e. The van der Waals surface area contributed by atoms with Crippen molar-refractivity contribution in [2.75, 3.05) is 7.11 Å². The average Bonchev–Trinajstić information content (AvgIpc) is 1.67. The number of hydrogen-bond donors (Lipinski definition) is 1. The van der Waals surface area contributed by atoms with Crippen LogP contribution in [0.5, 0.6) is 0 Å². The van der Waals surface area contributed by atoms with E-state index in [2.05, 4.69) is 4.74 Å². The minimum absolute atomic E-state index is 0. The van der Waals surface area contributed by atoms with E-state index in [-0.39, 0.29) is 7.43 Å². The monoisotopic (exact) mass is 134 g/mol. The van der Waals surface area contributed by atoms with Gasteiger partial charge >= 0.3 is 5.97 Å². The maximum absolute atomic E-state index is 10.1. The molecule has 0 saturated carbocycles. The van der Waals surface area contributed by atoms with Crippen LogP contribution in [-0.2, 0) is 9.53 Å². The number of aliphatic carboxylic acids is 1. The zero-order valence-corrected chi connectivity index (χ0v) is 5.26. The second-order valence-corrected chi connectivity index (χ2v) is 2.02. The molecule has 0 aliphatic carbocycles. The Kier molecular flexibility index (Phi) is 4.32. The molecule has 0 rings (SSSR count). The normalized spacial score (nSPS) is 10.1. The summed E-state index contributed by atoms with van der Waals surface area (Å²) in [6, 6.07) is 0. The molecular formula is C6H14O3. The molecule has 0 aliphatic rings. The SMILES string of the molecule is C.COC(C)(C)C(=O)O. The summed E-state index contributed by atoms with van der Waals surface area (Å²) in [4.78, 5) is 10.1. The highest BCUT2D eigenvalue weighted by molar-refractivity contribution is 5.76. The largest absolute Gasteiger partial charge is 0.479 e. The molecule has 0 saturated heterocycles. The van der Waals surface area contributed by atoms with Gasteiger partial charge in [0.15, 0.2) is 5.60 Å². The number of rotatable bonds is 2. The molecule has 0 fully saturated rings. The highest BCUT2D eigenvalue weighted by Crippen LogP contribution is 2.05. The van der Waals surface area contributed by atoms with E-state index >= 15 is 0 Å². The van der Waals surface area contributed by atoms with Crippen LogP contribution in [0.2, 0.25) is 0 Å². The van der Waals surface area contributed by atoms with Gasteiger partial charge in [0, 0.05) is 7.11 Å². The van der Waals surface area contributed by atoms with Crippen LogP contribution in [0.3, 0.4) is 0 Å². The predicted octanol–water partition coefficient (Wildman–Crippen LogP) is 1.13. The molecule has 0 amide bonds. The quantitative estimate of drug-likeness (QED) is 0.615. The Hall–Kier alpha value is -0.570. The zero-order chi connectivity index (χ0) is 6.78. The van der Waals surface area contributed by atoms with Crippen molar-refractivity contribution in [1.29, 1.82) is 0 Å². The van der Waals surface area contributed by atoms with Crippen molar-refractivity contribution < 1.29 is 14.6 Å². The van der Waals surface area contributed by atoms with E-state index in [1.54, 1.807) is 0 Å². The van der Waals surface area contributed by atoms with Crippen LogP contribution in [-0.4, -0.2) is 23.8 Å². The van der Waals surface area contributed by atoms with Gasteiger partial charge in [-0.2, -0.15) is 0 Å². The van der Waals surface area contributed by atoms with Crippen molar-refractivity contribution in [3.05, 3.63) is 0 Å². The second-order valence-electron chi connectivity index (χ2n) is 2.02. The minimum atomic E-state index is -1.04. The van der Waals surface area contributed by atoms with Crippen molar-refractivity contribution >= 4 is 5.97 Å². The molecule has 1 N–H and O–H groups in total. The van der Waals surface area contributed by atoms with E-state index in [1.165, 1.54) is 21.0 Å². The number of carbonyl (C=O) groups is 1. The Morgan fingerprint density at radius 2 is 1.89 bits per heavy atom. The molecule has 0 aliphatic heterocycles. The van der Waals surface area contributed by atoms with Crippen molar-refractivity contribution in [2.24, 2.45) is 0 Å². The number of ether oxygens (including phenoxy) is 1. The average molecular weight is 134 g/mol. The molecule has 9 heavy (non-hydrogen) atoms. The molecule has 0 aromatic carbocycles. The maximum Gasteiger partial charge on any atom is 0.335 e. The van der Waals surface area contributed by atoms with Gasteiger partial charge < -0.3 is 9.84 Å². The van der Waals surface area contributed by atoms with Gasteiger partial charge in [0.25, 0.3) is 0 Å². The van der Waals surface area contributed by atoms with Crippen molar-refractivity contribution in [1.82, 2.24) is 0 Å². The first-order valence-corrected chi connectivity index (χ1v) is 2.29. The van der Waals surface area contributed by atoms with Crippen LogP contribution in [0.25, 0.3) is 0 Å². The molecule has 0 atom stereocenters. The number of carboxylic acids is 1. The van der Waals surface area contributed by atoms with Crippen LogP contribution in [0.1, 0.15) is 21.3 Å². The molecule has 0 heterocycles. The van der Waals surface area contributed by atoms with E-state index in [1.807, 2.05) is 0 Å². The molecule has 0 radical (unpaired) electrons. The molecule has 0 bridgehead atoms. The van der Waals surface area contributed by atoms with Gasteiger partial charge in [0.2, 0.25) is 0 Å². The Bertz CT molecular complexity index is 96.5. The highest BCUT2D eigenvalue weighted by Gasteiger charge is 2.25. The van der Waals surface area contributed by atoms with Crippen molar-refractivity contribution in [2.45, 2.75) is 26.9 Å². The van der Waals surface area contributed by atoms with E-state index in [4.69, 9.17) is 5.11 Å². The fourth-order valence-corrected chi connectivity index (χ4v) is 0.0873. The second kappa shape index (κ2) is 3.45. The van der Waals surface area contributed by atoms with Crippen LogP contribution in [0, 0.1) is 0 Å². The molecule has 56 valence electrons. The Labute approximate surface area is 55.6 Å². The van der Waals surface area contributed by atoms with Crippen LogP contribution >= 0.6 is 0 Å². The summed E-state index contributed by atoms with van der Waals surface area (Å²) in [5.74, 6) is -0.944. The summed E-state index contributed by atoms with van der Waals surface area (Å²) < 4.78 is 4.60. The summed E-state index contributed by atoms with van der Waals surface area (Å²) in [6.07, 6.45) is 0. The fraction of sp³-hybridized carbons (Fsp3) is 0.833. The molecule has 0 spiro atoms. The van der Waals surface area contributed by atoms with Gasteiger partial charge in [-0.1, -0.05) is 7.43 Å². The van der Waals surface area contributed by atoms with Gasteiger partial charge in [0.05, 0.1) is 0 Å². The van der Waals surface area contributed by atoms with E-state index < -0.39 is 11.6 Å². The summed E-state index contributed by atoms with van der Waals surface area (Å²) in [6.45, 7) is 2.99. The number of carboxylic acid groups (broad SMARTS) is 1. The Balaban J connectivity index is 0. The zero-order valence-electron chi connectivity index (χ0n) is 5.26. The van der Waals surface area contributed by atoms with Crippen molar-refractivity contribution in [3.63, 3.8) is 0 Å². The van der Waals surface area contributed by atoms with Crippen LogP contribution in [0.15, 0.2) is 0 Å². The third kappa shape index (κ3) is 3.08. The maximum atomic E-state index is 10.1. The first-order valence-electron chi connectivity index (χ1n) is 2.29. The van der Waals surface area contributed by atoms with E-state index in [0.29, 0.717) is 0 Å². The predicted molar refractivity (Wildman–Crippen MR) is 35.5 cm³/mol. The fourth-order valence-electron chi connectivity index (χ4n) is 0.0873. The van der Waals surface area contributed by atoms with E-state index in [9.17, 15) is 4.79 Å². The lowest BCUT2D eigenvalue weighted by Crippen LogP contribution is -2.33. The molecular weight excluding hydrogens is 120 g/mol. The van der Waals surface area contributed by atoms with Gasteiger partial charge in [-0.25, -0.2) is 4.79 Å². The topological polar surface area (TPSA) is 46.5 Å². The summed E-state index contributed by atoms with van der Waals surface area (Å²) in [7, 11) is 1.37. The van der Waals surface area contributed by atoms with Crippen LogP contribution in [0.4, 0.5) is 0 Å². The lowest BCUT2D eigenvalue weighted by atomic mass is 10.1. The van der Waals surface area contributed by atoms with Crippen LogP contribution < -0.4 is 0 Å². The first kappa shape index (κ1) is 11.3. The van der Waals surface area contributed by atoms with Gasteiger partial charge in [-0.15, -0.1) is 0 Å². The molecule has 3 nitrogen and oxygen atoms in total. The molecule has 0 aromatic heterocycles. The Morgan fingerprint density at radius 1 is 1.56 bits per heavy atom. The Morgan fingerprint density at radius 3 is 1.89 bits per heavy atom. The van der Waals surface area contributed by atoms with Gasteiger partial charge in [-0.05, 0) is 13.8 Å². The highest BCUT2D eigenvalue weighted by atomic mass is 16.5. The number of methoxy groups -OCH3 is 1. The van der Waals surface area contributed by atoms with Gasteiger partial charge in [-0.3, -0.25) is 0 Å². The first-order chi connectivity index (χ1) is 3.50.